The van der Waals surface area contributed by atoms with Crippen molar-refractivity contribution < 1.29 is 9.50 Å². The van der Waals surface area contributed by atoms with Crippen LogP contribution in [0.1, 0.15) is 30.0 Å². The van der Waals surface area contributed by atoms with Crippen LogP contribution in [0.25, 0.3) is 0 Å². The molecule has 0 bridgehead atoms. The number of aryl methyl sites for hydroxylation is 1. The predicted molar refractivity (Wildman–Crippen MR) is 78.2 cm³/mol. The van der Waals surface area contributed by atoms with Gasteiger partial charge in [0, 0.05) is 37.4 Å². The van der Waals surface area contributed by atoms with Crippen LogP contribution in [-0.2, 0) is 7.05 Å². The zero-order chi connectivity index (χ0) is 14.9. The van der Waals surface area contributed by atoms with Crippen LogP contribution in [0.15, 0.2) is 36.7 Å². The molecule has 21 heavy (non-hydrogen) atoms. The number of benzene rings is 1. The molecular weight excluding hydrogens is 269 g/mol. The third-order valence-electron chi connectivity index (χ3n) is 4.21. The summed E-state index contributed by atoms with van der Waals surface area (Å²) in [5.74, 6) is -0.244. The number of aliphatic hydroxyl groups excluding tert-OH is 1. The van der Waals surface area contributed by atoms with E-state index in [0.717, 1.165) is 30.5 Å². The minimum absolute atomic E-state index is 0.00772. The van der Waals surface area contributed by atoms with Gasteiger partial charge in [-0.05, 0) is 30.5 Å². The molecule has 1 aromatic carbocycles. The maximum atomic E-state index is 13.5. The van der Waals surface area contributed by atoms with E-state index < -0.39 is 0 Å². The van der Waals surface area contributed by atoms with Gasteiger partial charge in [0.15, 0.2) is 0 Å². The molecule has 2 N–H and O–H groups in total. The van der Waals surface area contributed by atoms with E-state index in [9.17, 15) is 9.50 Å². The molecule has 0 amide bonds. The molecule has 2 aromatic rings. The maximum absolute atomic E-state index is 13.5. The number of nitrogens with one attached hydrogen (secondary N) is 1. The van der Waals surface area contributed by atoms with Crippen molar-refractivity contribution >= 4 is 0 Å². The van der Waals surface area contributed by atoms with Gasteiger partial charge in [0.1, 0.15) is 5.82 Å². The van der Waals surface area contributed by atoms with E-state index in [2.05, 4.69) is 10.4 Å². The molecule has 5 heteroatoms. The Balaban J connectivity index is 1.84. The molecule has 0 radical (unpaired) electrons. The van der Waals surface area contributed by atoms with Crippen LogP contribution in [0, 0.1) is 11.2 Å². The lowest BCUT2D eigenvalue weighted by Crippen LogP contribution is -2.30. The van der Waals surface area contributed by atoms with E-state index in [0.29, 0.717) is 0 Å². The second-order valence-electron chi connectivity index (χ2n) is 5.97. The average Bonchev–Trinajstić information content (AvgIpc) is 3.14. The molecule has 1 aliphatic carbocycles. The highest BCUT2D eigenvalue weighted by atomic mass is 19.1. The first-order valence-corrected chi connectivity index (χ1v) is 7.20. The largest absolute Gasteiger partial charge is 0.396 e. The molecule has 3 rings (SSSR count). The van der Waals surface area contributed by atoms with Crippen molar-refractivity contribution in [2.24, 2.45) is 12.5 Å². The molecule has 1 fully saturated rings. The number of rotatable bonds is 6. The van der Waals surface area contributed by atoms with Crippen LogP contribution >= 0.6 is 0 Å². The Morgan fingerprint density at radius 1 is 1.43 bits per heavy atom. The van der Waals surface area contributed by atoms with Crippen LogP contribution < -0.4 is 5.32 Å². The van der Waals surface area contributed by atoms with Crippen molar-refractivity contribution in [1.29, 1.82) is 0 Å². The summed E-state index contributed by atoms with van der Waals surface area (Å²) in [7, 11) is 1.86. The minimum atomic E-state index is -0.244. The van der Waals surface area contributed by atoms with Gasteiger partial charge in [0.05, 0.1) is 12.2 Å². The fraction of sp³-hybridized carbons (Fsp3) is 0.438. The first-order valence-electron chi connectivity index (χ1n) is 7.20. The SMILES string of the molecule is Cn1cc(C(NCC2(CO)CC2)c2cccc(F)c2)cn1. The summed E-state index contributed by atoms with van der Waals surface area (Å²) >= 11 is 0. The predicted octanol–water partition coefficient (Wildman–Crippen LogP) is 2.01. The number of aromatic nitrogens is 2. The first-order chi connectivity index (χ1) is 10.1. The molecule has 1 aliphatic rings. The third-order valence-corrected chi connectivity index (χ3v) is 4.21. The van der Waals surface area contributed by atoms with Gasteiger partial charge in [-0.1, -0.05) is 12.1 Å². The van der Waals surface area contributed by atoms with Crippen molar-refractivity contribution in [2.75, 3.05) is 13.2 Å². The fourth-order valence-electron chi connectivity index (χ4n) is 2.59. The highest BCUT2D eigenvalue weighted by molar-refractivity contribution is 5.29. The van der Waals surface area contributed by atoms with Gasteiger partial charge >= 0.3 is 0 Å². The third kappa shape index (κ3) is 3.14. The molecule has 0 aliphatic heterocycles. The summed E-state index contributed by atoms with van der Waals surface area (Å²) in [6.45, 7) is 0.919. The topological polar surface area (TPSA) is 50.1 Å². The Kier molecular flexibility index (Phi) is 3.78. The zero-order valence-corrected chi connectivity index (χ0v) is 12.1. The summed E-state index contributed by atoms with van der Waals surface area (Å²) in [6, 6.07) is 6.50. The summed E-state index contributed by atoms with van der Waals surface area (Å²) in [6.07, 6.45) is 5.81. The fourth-order valence-corrected chi connectivity index (χ4v) is 2.59. The van der Waals surface area contributed by atoms with Gasteiger partial charge in [0.2, 0.25) is 0 Å². The van der Waals surface area contributed by atoms with Crippen molar-refractivity contribution in [3.63, 3.8) is 0 Å². The Morgan fingerprint density at radius 2 is 2.24 bits per heavy atom. The lowest BCUT2D eigenvalue weighted by molar-refractivity contribution is 0.205. The van der Waals surface area contributed by atoms with E-state index in [1.807, 2.05) is 19.3 Å². The number of nitrogens with zero attached hydrogens (tertiary/aromatic N) is 2. The van der Waals surface area contributed by atoms with Crippen molar-refractivity contribution in [3.8, 4) is 0 Å². The van der Waals surface area contributed by atoms with E-state index in [-0.39, 0.29) is 23.9 Å². The standard InChI is InChI=1S/C16H20FN3O/c1-20-9-13(8-19-20)15(12-3-2-4-14(17)7-12)18-10-16(11-21)5-6-16/h2-4,7-9,15,18,21H,5-6,10-11H2,1H3. The van der Waals surface area contributed by atoms with Crippen LogP contribution in [0.3, 0.4) is 0 Å². The molecule has 1 saturated carbocycles. The lowest BCUT2D eigenvalue weighted by Gasteiger charge is -2.21. The summed E-state index contributed by atoms with van der Waals surface area (Å²) in [5.41, 5.74) is 1.88. The summed E-state index contributed by atoms with van der Waals surface area (Å²) in [5, 5.41) is 17.1. The van der Waals surface area contributed by atoms with Crippen LogP contribution in [0.2, 0.25) is 0 Å². The number of hydrogen-bond acceptors (Lipinski definition) is 3. The van der Waals surface area contributed by atoms with Gasteiger partial charge in [-0.15, -0.1) is 0 Å². The molecule has 1 atom stereocenters. The molecular formula is C16H20FN3O. The quantitative estimate of drug-likeness (QED) is 0.855. The van der Waals surface area contributed by atoms with Crippen LogP contribution in [0.5, 0.6) is 0 Å². The van der Waals surface area contributed by atoms with Crippen molar-refractivity contribution in [2.45, 2.75) is 18.9 Å². The molecule has 1 aromatic heterocycles. The lowest BCUT2D eigenvalue weighted by atomic mass is 10.00. The normalized spacial score (nSPS) is 17.7. The maximum Gasteiger partial charge on any atom is 0.123 e. The van der Waals surface area contributed by atoms with Gasteiger partial charge in [-0.2, -0.15) is 5.10 Å². The highest BCUT2D eigenvalue weighted by Gasteiger charge is 2.42. The molecule has 0 spiro atoms. The Labute approximate surface area is 123 Å². The van der Waals surface area contributed by atoms with Gasteiger partial charge in [-0.25, -0.2) is 4.39 Å². The van der Waals surface area contributed by atoms with Gasteiger partial charge in [-0.3, -0.25) is 4.68 Å². The van der Waals surface area contributed by atoms with Crippen LogP contribution in [0.4, 0.5) is 4.39 Å². The second-order valence-corrected chi connectivity index (χ2v) is 5.97. The Hall–Kier alpha value is -1.72. The number of aliphatic hydroxyl groups is 1. The molecule has 4 nitrogen and oxygen atoms in total. The van der Waals surface area contributed by atoms with Crippen molar-refractivity contribution in [3.05, 3.63) is 53.6 Å². The summed E-state index contributed by atoms with van der Waals surface area (Å²) < 4.78 is 15.3. The van der Waals surface area contributed by atoms with Crippen LogP contribution in [-0.4, -0.2) is 28.0 Å². The average molecular weight is 289 g/mol. The Bertz CT molecular complexity index is 621. The molecule has 0 saturated heterocycles. The zero-order valence-electron chi connectivity index (χ0n) is 12.1. The number of hydrogen-bond donors (Lipinski definition) is 2. The summed E-state index contributed by atoms with van der Waals surface area (Å²) in [4.78, 5) is 0. The second kappa shape index (κ2) is 5.58. The van der Waals surface area contributed by atoms with E-state index >= 15 is 0 Å². The van der Waals surface area contributed by atoms with Gasteiger partial charge < -0.3 is 10.4 Å². The van der Waals surface area contributed by atoms with E-state index in [4.69, 9.17) is 0 Å². The number of halogens is 1. The molecule has 1 heterocycles. The molecule has 112 valence electrons. The monoisotopic (exact) mass is 289 g/mol. The first kappa shape index (κ1) is 14.2. The highest BCUT2D eigenvalue weighted by Crippen LogP contribution is 2.44. The smallest absolute Gasteiger partial charge is 0.123 e. The minimum Gasteiger partial charge on any atom is -0.396 e. The van der Waals surface area contributed by atoms with E-state index in [1.54, 1.807) is 23.0 Å². The van der Waals surface area contributed by atoms with Crippen molar-refractivity contribution in [1.82, 2.24) is 15.1 Å². The molecule has 1 unspecified atom stereocenters. The Morgan fingerprint density at radius 3 is 2.81 bits per heavy atom. The van der Waals surface area contributed by atoms with E-state index in [1.165, 1.54) is 6.07 Å². The van der Waals surface area contributed by atoms with Gasteiger partial charge in [0.25, 0.3) is 0 Å².